The maximum absolute atomic E-state index is 12.0. The Labute approximate surface area is 139 Å². The first kappa shape index (κ1) is 16.4. The van der Waals surface area contributed by atoms with Crippen molar-refractivity contribution in [2.75, 3.05) is 0 Å². The van der Waals surface area contributed by atoms with Gasteiger partial charge in [-0.05, 0) is 18.6 Å². The van der Waals surface area contributed by atoms with Crippen LogP contribution in [-0.4, -0.2) is 22.0 Å². The van der Waals surface area contributed by atoms with Gasteiger partial charge in [-0.3, -0.25) is 14.9 Å². The van der Waals surface area contributed by atoms with Gasteiger partial charge in [-0.25, -0.2) is 4.98 Å². The molecular weight excluding hydrogens is 458 g/mol. The van der Waals surface area contributed by atoms with Crippen LogP contribution in [0.4, 0.5) is 0 Å². The van der Waals surface area contributed by atoms with Gasteiger partial charge in [0, 0.05) is 27.5 Å². The van der Waals surface area contributed by atoms with Gasteiger partial charge in [-0.15, -0.1) is 0 Å². The first-order chi connectivity index (χ1) is 9.74. The third kappa shape index (κ3) is 2.35. The van der Waals surface area contributed by atoms with Crippen molar-refractivity contribution in [3.05, 3.63) is 31.6 Å². The monoisotopic (exact) mass is 470 g/mol. The second kappa shape index (κ2) is 6.00. The van der Waals surface area contributed by atoms with E-state index in [1.54, 1.807) is 12.1 Å². The van der Waals surface area contributed by atoms with E-state index >= 15 is 0 Å². The van der Waals surface area contributed by atoms with Crippen LogP contribution in [0.15, 0.2) is 27.5 Å². The summed E-state index contributed by atoms with van der Waals surface area (Å²) in [5.74, 6) is -1.11. The number of aromatic nitrogens is 2. The molecule has 1 aliphatic heterocycles. The zero-order chi connectivity index (χ0) is 13.7. The van der Waals surface area contributed by atoms with Crippen molar-refractivity contribution in [1.82, 2.24) is 15.5 Å². The molecule has 0 saturated carbocycles. The van der Waals surface area contributed by atoms with Gasteiger partial charge < -0.3 is 16.4 Å². The molecule has 1 N–H and O–H groups in total. The van der Waals surface area contributed by atoms with E-state index in [-0.39, 0.29) is 40.3 Å². The summed E-state index contributed by atoms with van der Waals surface area (Å²) in [6, 6.07) is 3.47. The van der Waals surface area contributed by atoms with E-state index in [1.165, 1.54) is 6.39 Å². The number of nitrogens with zero attached hydrogens (tertiary/aromatic N) is 2. The normalized spacial score (nSPS) is 17.9. The van der Waals surface area contributed by atoms with Crippen LogP contribution in [0.5, 0.6) is 0 Å². The molecule has 114 valence electrons. The van der Waals surface area contributed by atoms with Crippen molar-refractivity contribution < 1.29 is 39.6 Å². The van der Waals surface area contributed by atoms with Gasteiger partial charge in [0.05, 0.1) is 11.3 Å². The molecule has 3 aromatic rings. The molecule has 1 aromatic carbocycles. The Morgan fingerprint density at radius 3 is 2.77 bits per heavy atom. The molecule has 1 unspecified atom stereocenters. The predicted molar refractivity (Wildman–Crippen MR) is 73.1 cm³/mol. The van der Waals surface area contributed by atoms with Crippen molar-refractivity contribution in [2.24, 2.45) is 0 Å². The predicted octanol–water partition coefficient (Wildman–Crippen LogP) is 1.94. The van der Waals surface area contributed by atoms with Gasteiger partial charge >= 0.3 is 0 Å². The summed E-state index contributed by atoms with van der Waals surface area (Å²) in [5, 5.41) is 6.99. The number of carbonyl (C=O) groups excluding carboxylic acids is 2. The summed E-state index contributed by atoms with van der Waals surface area (Å²) in [6.45, 7) is 0. The molecular formula is C14H12N3O4W-. The van der Waals surface area contributed by atoms with Gasteiger partial charge in [0.1, 0.15) is 11.2 Å². The quantitative estimate of drug-likeness (QED) is 0.432. The van der Waals surface area contributed by atoms with Crippen LogP contribution in [0.25, 0.3) is 22.1 Å². The van der Waals surface area contributed by atoms with Crippen LogP contribution >= 0.6 is 0 Å². The number of carbonyl (C=O) groups is 2. The number of imide groups is 1. The van der Waals surface area contributed by atoms with Gasteiger partial charge in [-0.2, -0.15) is 0 Å². The maximum atomic E-state index is 12.0. The van der Waals surface area contributed by atoms with E-state index in [1.807, 2.05) is 0 Å². The fraction of sp³-hybridized carbons (Fsp3) is 0.214. The van der Waals surface area contributed by atoms with Crippen molar-refractivity contribution >= 4 is 33.9 Å². The number of oxazole rings is 1. The Balaban J connectivity index is 0.000000882. The van der Waals surface area contributed by atoms with Crippen molar-refractivity contribution in [3.63, 3.8) is 0 Å². The van der Waals surface area contributed by atoms with Gasteiger partial charge in [0.25, 0.3) is 0 Å². The molecule has 0 spiro atoms. The Hall–Kier alpha value is -2.01. The summed E-state index contributed by atoms with van der Waals surface area (Å²) in [4.78, 5) is 27.3. The first-order valence-electron chi connectivity index (χ1n) is 6.19. The zero-order valence-corrected chi connectivity index (χ0v) is 14.6. The number of fused-ring (bicyclic) bond motifs is 3. The van der Waals surface area contributed by atoms with Crippen LogP contribution in [0.3, 0.4) is 0 Å². The molecule has 0 bridgehead atoms. The van der Waals surface area contributed by atoms with Gasteiger partial charge in [0.15, 0.2) is 17.6 Å². The first-order valence-corrected chi connectivity index (χ1v) is 6.19. The molecule has 2 aromatic heterocycles. The van der Waals surface area contributed by atoms with E-state index in [0.29, 0.717) is 40.6 Å². The van der Waals surface area contributed by atoms with Crippen LogP contribution in [0.2, 0.25) is 0 Å². The number of hydrogen-bond acceptors (Lipinski definition) is 6. The van der Waals surface area contributed by atoms with Gasteiger partial charge in [0.2, 0.25) is 11.8 Å². The fourth-order valence-corrected chi connectivity index (χ4v) is 2.57. The van der Waals surface area contributed by atoms with Crippen LogP contribution in [-0.2, 0) is 30.7 Å². The van der Waals surface area contributed by atoms with Crippen LogP contribution in [0, 0.1) is 7.43 Å². The Morgan fingerprint density at radius 1 is 1.23 bits per heavy atom. The van der Waals surface area contributed by atoms with E-state index in [4.69, 9.17) is 8.94 Å². The molecule has 1 aliphatic rings. The SMILES string of the molecule is O=C1CCC(c2noc3ccc4ocnc4c23)C(=O)N1.[CH3-].[W]. The number of benzene rings is 1. The summed E-state index contributed by atoms with van der Waals surface area (Å²) in [7, 11) is 0. The second-order valence-electron chi connectivity index (χ2n) is 4.71. The van der Waals surface area contributed by atoms with E-state index in [9.17, 15) is 9.59 Å². The minimum atomic E-state index is -0.503. The van der Waals surface area contributed by atoms with Crippen LogP contribution in [0.1, 0.15) is 24.5 Å². The number of amides is 2. The summed E-state index contributed by atoms with van der Waals surface area (Å²) < 4.78 is 10.5. The third-order valence-electron chi connectivity index (χ3n) is 3.53. The van der Waals surface area contributed by atoms with E-state index in [0.717, 1.165) is 0 Å². The van der Waals surface area contributed by atoms with Crippen molar-refractivity contribution in [3.8, 4) is 0 Å². The number of piperidine rings is 1. The minimum Gasteiger partial charge on any atom is -0.443 e. The largest absolute Gasteiger partial charge is 0.443 e. The smallest absolute Gasteiger partial charge is 0.235 e. The molecule has 0 radical (unpaired) electrons. The summed E-state index contributed by atoms with van der Waals surface area (Å²) >= 11 is 0. The van der Waals surface area contributed by atoms with E-state index in [2.05, 4.69) is 15.5 Å². The molecule has 3 heterocycles. The number of rotatable bonds is 1. The molecule has 8 heteroatoms. The molecule has 4 rings (SSSR count). The zero-order valence-electron chi connectivity index (χ0n) is 11.7. The third-order valence-corrected chi connectivity index (χ3v) is 3.53. The topological polar surface area (TPSA) is 98.2 Å². The molecule has 0 aliphatic carbocycles. The second-order valence-corrected chi connectivity index (χ2v) is 4.71. The van der Waals surface area contributed by atoms with Crippen LogP contribution < -0.4 is 5.32 Å². The molecule has 1 atom stereocenters. The van der Waals surface area contributed by atoms with Gasteiger partial charge in [-0.1, -0.05) is 5.16 Å². The molecule has 22 heavy (non-hydrogen) atoms. The standard InChI is InChI=1S/C13H9N3O4.CH3.W/c17-9-4-1-6(13(18)15-9)11-10-7(20-16-11)2-3-8-12(10)14-5-19-8;;/h2-3,5-6H,1,4H2,(H,15,17,18);1H3;/q;-1;. The maximum Gasteiger partial charge on any atom is 0.235 e. The average molecular weight is 470 g/mol. The van der Waals surface area contributed by atoms with E-state index < -0.39 is 5.92 Å². The Kier molecular flexibility index (Phi) is 4.47. The molecule has 1 fully saturated rings. The molecule has 1 saturated heterocycles. The summed E-state index contributed by atoms with van der Waals surface area (Å²) in [5.41, 5.74) is 2.27. The minimum absolute atomic E-state index is 0. The molecule has 7 nitrogen and oxygen atoms in total. The average Bonchev–Trinajstić information content (AvgIpc) is 3.03. The Bertz CT molecular complexity index is 854. The number of nitrogens with one attached hydrogen (secondary N) is 1. The summed E-state index contributed by atoms with van der Waals surface area (Å²) in [6.07, 6.45) is 2.05. The fourth-order valence-electron chi connectivity index (χ4n) is 2.57. The van der Waals surface area contributed by atoms with Crippen molar-refractivity contribution in [1.29, 1.82) is 0 Å². The van der Waals surface area contributed by atoms with Crippen molar-refractivity contribution in [2.45, 2.75) is 18.8 Å². The Morgan fingerprint density at radius 2 is 2.00 bits per heavy atom. The number of hydrogen-bond donors (Lipinski definition) is 1. The molecule has 2 amide bonds.